The van der Waals surface area contributed by atoms with Crippen LogP contribution in [0.5, 0.6) is 0 Å². The molecule has 1 heterocycles. The van der Waals surface area contributed by atoms with Crippen molar-refractivity contribution in [1.82, 2.24) is 4.98 Å². The second kappa shape index (κ2) is 5.65. The Bertz CT molecular complexity index is 412. The van der Waals surface area contributed by atoms with E-state index in [1.54, 1.807) is 12.1 Å². The highest BCUT2D eigenvalue weighted by Gasteiger charge is 2.04. The summed E-state index contributed by atoms with van der Waals surface area (Å²) in [6, 6.07) is 4.51. The molecule has 0 saturated carbocycles. The molecule has 0 aliphatic rings. The maximum atomic E-state index is 12.4. The molecule has 1 aromatic heterocycles. The molecule has 15 heavy (non-hydrogen) atoms. The Kier molecular flexibility index (Phi) is 4.48. The van der Waals surface area contributed by atoms with Crippen molar-refractivity contribution in [2.24, 2.45) is 0 Å². The fraction of sp³-hybridized carbons (Fsp3) is 0.222. The van der Waals surface area contributed by atoms with Crippen LogP contribution in [0.4, 0.5) is 13.2 Å². The largest absolute Gasteiger partial charge is 0.317 e. The minimum atomic E-state index is -2.28. The third-order valence-corrected chi connectivity index (χ3v) is 2.48. The van der Waals surface area contributed by atoms with Gasteiger partial charge in [0.25, 0.3) is 0 Å². The first-order valence-corrected chi connectivity index (χ1v) is 5.10. The van der Waals surface area contributed by atoms with E-state index in [0.29, 0.717) is 5.03 Å². The van der Waals surface area contributed by atoms with Crippen LogP contribution >= 0.6 is 11.8 Å². The molecule has 0 atom stereocenters. The maximum Gasteiger partial charge on any atom is 0.301 e. The summed E-state index contributed by atoms with van der Waals surface area (Å²) in [4.78, 5) is 13.3. The average Bonchev–Trinajstić information content (AvgIpc) is 2.17. The predicted octanol–water partition coefficient (Wildman–Crippen LogP) is 2.93. The van der Waals surface area contributed by atoms with Crippen LogP contribution in [0.25, 0.3) is 0 Å². The van der Waals surface area contributed by atoms with Gasteiger partial charge in [-0.3, -0.25) is 4.79 Å². The van der Waals surface area contributed by atoms with Crippen molar-refractivity contribution in [1.29, 1.82) is 0 Å². The van der Waals surface area contributed by atoms with E-state index in [9.17, 15) is 18.0 Å². The van der Waals surface area contributed by atoms with Gasteiger partial charge >= 0.3 is 6.08 Å². The van der Waals surface area contributed by atoms with Crippen LogP contribution < -0.4 is 5.56 Å². The SMILES string of the molecule is O=c1cccc(SCCC(F)=C(F)F)[nH]1. The third-order valence-electron chi connectivity index (χ3n) is 1.53. The second-order valence-corrected chi connectivity index (χ2v) is 3.78. The molecular formula is C9H8F3NOS. The van der Waals surface area contributed by atoms with Gasteiger partial charge in [0.2, 0.25) is 5.56 Å². The smallest absolute Gasteiger partial charge is 0.301 e. The third kappa shape index (κ3) is 4.24. The van der Waals surface area contributed by atoms with Crippen LogP contribution in [0.2, 0.25) is 0 Å². The number of hydrogen-bond donors (Lipinski definition) is 1. The summed E-state index contributed by atoms with van der Waals surface area (Å²) >= 11 is 1.12. The number of hydrogen-bond acceptors (Lipinski definition) is 2. The summed E-state index contributed by atoms with van der Waals surface area (Å²) in [6.07, 6.45) is -2.62. The Labute approximate surface area is 88.2 Å². The number of rotatable bonds is 4. The van der Waals surface area contributed by atoms with Crippen LogP contribution in [0.15, 0.2) is 39.9 Å². The van der Waals surface area contributed by atoms with Crippen LogP contribution in [0.1, 0.15) is 6.42 Å². The van der Waals surface area contributed by atoms with Gasteiger partial charge in [-0.05, 0) is 6.07 Å². The maximum absolute atomic E-state index is 12.4. The molecule has 0 aliphatic carbocycles. The van der Waals surface area contributed by atoms with Crippen LogP contribution in [-0.2, 0) is 0 Å². The normalized spacial score (nSPS) is 10.1. The molecule has 0 amide bonds. The molecule has 0 unspecified atom stereocenters. The van der Waals surface area contributed by atoms with Crippen molar-refractivity contribution in [3.05, 3.63) is 40.5 Å². The van der Waals surface area contributed by atoms with E-state index in [-0.39, 0.29) is 17.7 Å². The molecule has 1 N–H and O–H groups in total. The topological polar surface area (TPSA) is 32.9 Å². The summed E-state index contributed by atoms with van der Waals surface area (Å²) < 4.78 is 35.7. The molecule has 82 valence electrons. The summed E-state index contributed by atoms with van der Waals surface area (Å²) in [7, 11) is 0. The minimum absolute atomic E-state index is 0.156. The zero-order valence-electron chi connectivity index (χ0n) is 7.60. The Morgan fingerprint density at radius 3 is 2.67 bits per heavy atom. The highest BCUT2D eigenvalue weighted by molar-refractivity contribution is 7.99. The van der Waals surface area contributed by atoms with Gasteiger partial charge in [0.05, 0.1) is 5.03 Å². The van der Waals surface area contributed by atoms with Gasteiger partial charge in [-0.2, -0.15) is 8.78 Å². The van der Waals surface area contributed by atoms with E-state index >= 15 is 0 Å². The molecule has 0 radical (unpaired) electrons. The lowest BCUT2D eigenvalue weighted by Gasteiger charge is -1.99. The van der Waals surface area contributed by atoms with Crippen LogP contribution in [-0.4, -0.2) is 10.7 Å². The molecule has 0 aromatic carbocycles. The van der Waals surface area contributed by atoms with Gasteiger partial charge in [0.1, 0.15) is 0 Å². The fourth-order valence-corrected chi connectivity index (χ4v) is 1.71. The van der Waals surface area contributed by atoms with Gasteiger partial charge in [0, 0.05) is 18.2 Å². The Hall–Kier alpha value is -1.17. The number of nitrogens with one attached hydrogen (secondary N) is 1. The first-order valence-electron chi connectivity index (χ1n) is 4.11. The number of aromatic nitrogens is 1. The van der Waals surface area contributed by atoms with E-state index in [1.165, 1.54) is 6.07 Å². The van der Waals surface area contributed by atoms with Gasteiger partial charge < -0.3 is 4.98 Å². The molecule has 0 spiro atoms. The van der Waals surface area contributed by atoms with Gasteiger partial charge in [0.15, 0.2) is 5.83 Å². The number of allylic oxidation sites excluding steroid dienone is 1. The summed E-state index contributed by atoms with van der Waals surface area (Å²) in [5.41, 5.74) is -0.271. The predicted molar refractivity (Wildman–Crippen MR) is 52.8 cm³/mol. The van der Waals surface area contributed by atoms with Crippen molar-refractivity contribution in [2.75, 3.05) is 5.75 Å². The minimum Gasteiger partial charge on any atom is -0.317 e. The molecule has 1 aromatic rings. The second-order valence-electron chi connectivity index (χ2n) is 2.64. The van der Waals surface area contributed by atoms with Gasteiger partial charge in [-0.25, -0.2) is 4.39 Å². The van der Waals surface area contributed by atoms with Gasteiger partial charge in [-0.15, -0.1) is 11.8 Å². The zero-order valence-corrected chi connectivity index (χ0v) is 8.41. The monoisotopic (exact) mass is 235 g/mol. The zero-order chi connectivity index (χ0) is 11.3. The molecule has 2 nitrogen and oxygen atoms in total. The molecule has 6 heteroatoms. The standard InChI is InChI=1S/C9H8F3NOS/c10-6(9(11)12)4-5-15-8-3-1-2-7(14)13-8/h1-3H,4-5H2,(H,13,14). The quantitative estimate of drug-likeness (QED) is 0.814. The lowest BCUT2D eigenvalue weighted by atomic mass is 10.4. The molecule has 0 aliphatic heterocycles. The summed E-state index contributed by atoms with van der Waals surface area (Å²) in [6.45, 7) is 0. The highest BCUT2D eigenvalue weighted by atomic mass is 32.2. The number of pyridine rings is 1. The van der Waals surface area contributed by atoms with Crippen molar-refractivity contribution in [3.8, 4) is 0 Å². The number of aromatic amines is 1. The fourth-order valence-electron chi connectivity index (χ4n) is 0.857. The van der Waals surface area contributed by atoms with Gasteiger partial charge in [-0.1, -0.05) is 6.07 Å². The highest BCUT2D eigenvalue weighted by Crippen LogP contribution is 2.20. The summed E-state index contributed by atoms with van der Waals surface area (Å²) in [5, 5.41) is 0.537. The van der Waals surface area contributed by atoms with E-state index in [2.05, 4.69) is 4.98 Å². The van der Waals surface area contributed by atoms with Crippen molar-refractivity contribution in [3.63, 3.8) is 0 Å². The van der Waals surface area contributed by atoms with Crippen LogP contribution in [0.3, 0.4) is 0 Å². The Morgan fingerprint density at radius 1 is 1.33 bits per heavy atom. The van der Waals surface area contributed by atoms with Crippen LogP contribution in [0, 0.1) is 0 Å². The van der Waals surface area contributed by atoms with Crippen molar-refractivity contribution < 1.29 is 13.2 Å². The summed E-state index contributed by atoms with van der Waals surface area (Å²) in [5.74, 6) is -1.25. The van der Waals surface area contributed by atoms with Crippen molar-refractivity contribution >= 4 is 11.8 Å². The first-order chi connectivity index (χ1) is 7.09. The van der Waals surface area contributed by atoms with E-state index in [4.69, 9.17) is 0 Å². The Balaban J connectivity index is 2.45. The molecular weight excluding hydrogens is 227 g/mol. The molecule has 0 fully saturated rings. The lowest BCUT2D eigenvalue weighted by molar-refractivity contribution is 0.373. The average molecular weight is 235 g/mol. The van der Waals surface area contributed by atoms with Crippen molar-refractivity contribution in [2.45, 2.75) is 11.4 Å². The molecule has 0 saturated heterocycles. The number of H-pyrrole nitrogens is 1. The molecule has 0 bridgehead atoms. The molecule has 1 rings (SSSR count). The first kappa shape index (κ1) is 11.9. The van der Waals surface area contributed by atoms with E-state index in [0.717, 1.165) is 11.8 Å². The number of thioether (sulfide) groups is 1. The number of halogens is 3. The van der Waals surface area contributed by atoms with E-state index < -0.39 is 11.9 Å². The Morgan fingerprint density at radius 2 is 2.07 bits per heavy atom. The van der Waals surface area contributed by atoms with E-state index in [1.807, 2.05) is 0 Å². The lowest BCUT2D eigenvalue weighted by Crippen LogP contribution is -2.03.